The first-order valence-corrected chi connectivity index (χ1v) is 5.63. The van der Waals surface area contributed by atoms with Crippen molar-refractivity contribution in [1.29, 1.82) is 0 Å². The van der Waals surface area contributed by atoms with Crippen LogP contribution in [-0.2, 0) is 25.3 Å². The van der Waals surface area contributed by atoms with Crippen LogP contribution in [0.5, 0.6) is 0 Å². The number of esters is 1. The first kappa shape index (κ1) is 11.6. The molecule has 1 saturated carbocycles. The number of rotatable bonds is 4. The van der Waals surface area contributed by atoms with E-state index in [9.17, 15) is 13.6 Å². The van der Waals surface area contributed by atoms with Gasteiger partial charge in [0.05, 0.1) is 19.1 Å². The SMILES string of the molecule is COC(=O)C1CCC(OCS(=O)[O-])C1. The van der Waals surface area contributed by atoms with Gasteiger partial charge in [0.15, 0.2) is 0 Å². The highest BCUT2D eigenvalue weighted by Crippen LogP contribution is 2.28. The molecule has 0 saturated heterocycles. The summed E-state index contributed by atoms with van der Waals surface area (Å²) in [5.41, 5.74) is 0. The predicted octanol–water partition coefficient (Wildman–Crippen LogP) is 0.181. The number of carbonyl (C=O) groups is 1. The maximum atomic E-state index is 11.1. The largest absolute Gasteiger partial charge is 0.771 e. The lowest BCUT2D eigenvalue weighted by Crippen LogP contribution is -2.16. The van der Waals surface area contributed by atoms with Gasteiger partial charge in [0, 0.05) is 0 Å². The van der Waals surface area contributed by atoms with Crippen LogP contribution < -0.4 is 0 Å². The van der Waals surface area contributed by atoms with Crippen LogP contribution in [0.2, 0.25) is 0 Å². The van der Waals surface area contributed by atoms with Crippen molar-refractivity contribution in [3.8, 4) is 0 Å². The summed E-state index contributed by atoms with van der Waals surface area (Å²) >= 11 is -2.17. The molecule has 0 heterocycles. The molecule has 0 aliphatic heterocycles. The van der Waals surface area contributed by atoms with E-state index in [1.165, 1.54) is 7.11 Å². The minimum atomic E-state index is -2.17. The Morgan fingerprint density at radius 1 is 1.57 bits per heavy atom. The van der Waals surface area contributed by atoms with E-state index in [4.69, 9.17) is 4.74 Å². The molecule has 14 heavy (non-hydrogen) atoms. The van der Waals surface area contributed by atoms with E-state index in [-0.39, 0.29) is 23.9 Å². The Bertz CT molecular complexity index is 230. The van der Waals surface area contributed by atoms with Gasteiger partial charge in [0.2, 0.25) is 0 Å². The van der Waals surface area contributed by atoms with E-state index >= 15 is 0 Å². The van der Waals surface area contributed by atoms with Crippen LogP contribution in [0.25, 0.3) is 0 Å². The molecule has 1 rings (SSSR count). The Morgan fingerprint density at radius 3 is 2.86 bits per heavy atom. The van der Waals surface area contributed by atoms with Crippen LogP contribution in [0.1, 0.15) is 19.3 Å². The molecular formula is C8H13O5S-. The van der Waals surface area contributed by atoms with E-state index in [0.29, 0.717) is 12.8 Å². The predicted molar refractivity (Wildman–Crippen MR) is 48.0 cm³/mol. The summed E-state index contributed by atoms with van der Waals surface area (Å²) in [4.78, 5) is 11.1. The molecule has 1 aliphatic carbocycles. The fourth-order valence-corrected chi connectivity index (χ4v) is 1.93. The second-order valence-electron chi connectivity index (χ2n) is 3.24. The fourth-order valence-electron chi connectivity index (χ4n) is 1.62. The van der Waals surface area contributed by atoms with Crippen LogP contribution in [0.15, 0.2) is 0 Å². The second-order valence-corrected chi connectivity index (χ2v) is 4.09. The highest BCUT2D eigenvalue weighted by molar-refractivity contribution is 7.78. The van der Waals surface area contributed by atoms with Crippen LogP contribution in [0.4, 0.5) is 0 Å². The summed E-state index contributed by atoms with van der Waals surface area (Å²) in [6, 6.07) is 0. The smallest absolute Gasteiger partial charge is 0.308 e. The van der Waals surface area contributed by atoms with Gasteiger partial charge >= 0.3 is 5.97 Å². The molecule has 1 aliphatic rings. The molecule has 0 spiro atoms. The molecule has 0 aromatic heterocycles. The van der Waals surface area contributed by atoms with Gasteiger partial charge in [0.25, 0.3) is 0 Å². The van der Waals surface area contributed by atoms with Gasteiger partial charge in [-0.1, -0.05) is 0 Å². The van der Waals surface area contributed by atoms with Crippen molar-refractivity contribution in [2.24, 2.45) is 5.92 Å². The van der Waals surface area contributed by atoms with Gasteiger partial charge < -0.3 is 14.0 Å². The van der Waals surface area contributed by atoms with Gasteiger partial charge in [-0.2, -0.15) is 0 Å². The van der Waals surface area contributed by atoms with E-state index in [1.54, 1.807) is 0 Å². The lowest BCUT2D eigenvalue weighted by molar-refractivity contribution is -0.145. The summed E-state index contributed by atoms with van der Waals surface area (Å²) in [6.45, 7) is 0. The molecule has 0 N–H and O–H groups in total. The number of methoxy groups -OCH3 is 1. The fraction of sp³-hybridized carbons (Fsp3) is 0.875. The first-order chi connectivity index (χ1) is 6.63. The third-order valence-electron chi connectivity index (χ3n) is 2.32. The van der Waals surface area contributed by atoms with Crippen molar-refractivity contribution in [3.05, 3.63) is 0 Å². The molecule has 0 amide bonds. The van der Waals surface area contributed by atoms with Gasteiger partial charge in [-0.05, 0) is 30.3 Å². The highest BCUT2D eigenvalue weighted by Gasteiger charge is 2.30. The van der Waals surface area contributed by atoms with Crippen molar-refractivity contribution in [2.45, 2.75) is 25.4 Å². The Balaban J connectivity index is 2.27. The molecule has 3 unspecified atom stereocenters. The standard InChI is InChI=1S/C8H14O5S/c1-12-8(9)6-2-3-7(4-6)13-5-14(10)11/h6-7H,2-5H2,1H3,(H,10,11)/p-1. The highest BCUT2D eigenvalue weighted by atomic mass is 32.2. The molecule has 0 aromatic carbocycles. The van der Waals surface area contributed by atoms with Gasteiger partial charge in [-0.3, -0.25) is 9.00 Å². The molecule has 0 aromatic rings. The molecule has 0 radical (unpaired) electrons. The topological polar surface area (TPSA) is 75.7 Å². The van der Waals surface area contributed by atoms with E-state index in [0.717, 1.165) is 6.42 Å². The number of ether oxygens (including phenoxy) is 2. The Hall–Kier alpha value is -0.460. The number of hydrogen-bond acceptors (Lipinski definition) is 5. The molecule has 82 valence electrons. The molecule has 6 heteroatoms. The summed E-state index contributed by atoms with van der Waals surface area (Å²) in [7, 11) is 1.35. The molecule has 1 fully saturated rings. The normalized spacial score (nSPS) is 28.7. The van der Waals surface area contributed by atoms with Crippen LogP contribution in [0, 0.1) is 5.92 Å². The zero-order chi connectivity index (χ0) is 10.6. The lowest BCUT2D eigenvalue weighted by atomic mass is 10.1. The zero-order valence-corrected chi connectivity index (χ0v) is 8.75. The van der Waals surface area contributed by atoms with Crippen LogP contribution >= 0.6 is 0 Å². The third kappa shape index (κ3) is 3.36. The Morgan fingerprint density at radius 2 is 2.29 bits per heavy atom. The molecule has 0 bridgehead atoms. The zero-order valence-electron chi connectivity index (χ0n) is 7.93. The third-order valence-corrected chi connectivity index (χ3v) is 2.65. The van der Waals surface area contributed by atoms with Crippen molar-refractivity contribution in [2.75, 3.05) is 13.0 Å². The van der Waals surface area contributed by atoms with E-state index in [1.807, 2.05) is 0 Å². The second kappa shape index (κ2) is 5.43. The molecule has 3 atom stereocenters. The van der Waals surface area contributed by atoms with Gasteiger partial charge in [-0.15, -0.1) is 0 Å². The monoisotopic (exact) mass is 221 g/mol. The van der Waals surface area contributed by atoms with Crippen molar-refractivity contribution >= 4 is 17.0 Å². The first-order valence-electron chi connectivity index (χ1n) is 4.38. The summed E-state index contributed by atoms with van der Waals surface area (Å²) in [6.07, 6.45) is 1.86. The summed E-state index contributed by atoms with van der Waals surface area (Å²) in [5, 5.41) is 0. The average molecular weight is 221 g/mol. The lowest BCUT2D eigenvalue weighted by Gasteiger charge is -2.12. The van der Waals surface area contributed by atoms with Crippen molar-refractivity contribution in [1.82, 2.24) is 0 Å². The summed E-state index contributed by atoms with van der Waals surface area (Å²) < 4.78 is 30.1. The minimum Gasteiger partial charge on any atom is -0.771 e. The maximum Gasteiger partial charge on any atom is 0.308 e. The number of carbonyl (C=O) groups excluding carboxylic acids is 1. The van der Waals surface area contributed by atoms with Crippen molar-refractivity contribution < 1.29 is 23.0 Å². The van der Waals surface area contributed by atoms with Crippen LogP contribution in [0.3, 0.4) is 0 Å². The Kier molecular flexibility index (Phi) is 4.50. The Labute approximate surface area is 85.1 Å². The number of hydrogen-bond donors (Lipinski definition) is 0. The summed E-state index contributed by atoms with van der Waals surface area (Å²) in [5.74, 6) is -0.664. The molecule has 5 nitrogen and oxygen atoms in total. The molecular weight excluding hydrogens is 208 g/mol. The van der Waals surface area contributed by atoms with Gasteiger partial charge in [-0.25, -0.2) is 0 Å². The van der Waals surface area contributed by atoms with E-state index < -0.39 is 11.1 Å². The maximum absolute atomic E-state index is 11.1. The minimum absolute atomic E-state index is 0.128. The quantitative estimate of drug-likeness (QED) is 0.500. The average Bonchev–Trinajstić information content (AvgIpc) is 2.62. The van der Waals surface area contributed by atoms with Crippen LogP contribution in [-0.4, -0.2) is 33.9 Å². The van der Waals surface area contributed by atoms with Gasteiger partial charge in [0.1, 0.15) is 5.94 Å². The van der Waals surface area contributed by atoms with E-state index in [2.05, 4.69) is 4.74 Å². The van der Waals surface area contributed by atoms with Crippen molar-refractivity contribution in [3.63, 3.8) is 0 Å².